The van der Waals surface area contributed by atoms with Crippen LogP contribution in [0.2, 0.25) is 0 Å². The van der Waals surface area contributed by atoms with Crippen LogP contribution in [0.5, 0.6) is 0 Å². The highest BCUT2D eigenvalue weighted by molar-refractivity contribution is 6.25. The van der Waals surface area contributed by atoms with Gasteiger partial charge in [-0.15, -0.1) is 11.6 Å². The maximum atomic E-state index is 11.8. The highest BCUT2D eigenvalue weighted by Crippen LogP contribution is 2.32. The predicted octanol–water partition coefficient (Wildman–Crippen LogP) is 3.20. The summed E-state index contributed by atoms with van der Waals surface area (Å²) >= 11 is 6.24. The highest BCUT2D eigenvalue weighted by Gasteiger charge is 2.29. The fourth-order valence-electron chi connectivity index (χ4n) is 1.92. The molecule has 0 radical (unpaired) electrons. The van der Waals surface area contributed by atoms with E-state index in [1.807, 2.05) is 31.2 Å². The lowest BCUT2D eigenvalue weighted by molar-refractivity contribution is 0.0972. The van der Waals surface area contributed by atoms with Gasteiger partial charge < -0.3 is 0 Å². The Morgan fingerprint density at radius 1 is 1.36 bits per heavy atom. The molecule has 0 heterocycles. The smallest absolute Gasteiger partial charge is 0.164 e. The molecule has 1 aliphatic carbocycles. The van der Waals surface area contributed by atoms with E-state index in [4.69, 9.17) is 11.6 Å². The number of hydrogen-bond donors (Lipinski definition) is 0. The maximum Gasteiger partial charge on any atom is 0.164 e. The van der Waals surface area contributed by atoms with Crippen LogP contribution in [-0.4, -0.2) is 10.7 Å². The zero-order valence-corrected chi connectivity index (χ0v) is 8.97. The van der Waals surface area contributed by atoms with Crippen LogP contribution in [-0.2, 0) is 6.42 Å². The molecule has 0 spiro atoms. The molecule has 1 unspecified atom stereocenters. The minimum atomic E-state index is -0.365. The minimum Gasteiger partial charge on any atom is -0.294 e. The molecule has 0 bridgehead atoms. The van der Waals surface area contributed by atoms with Gasteiger partial charge in [-0.3, -0.25) is 4.79 Å². The lowest BCUT2D eigenvalue weighted by atomic mass is 10.0. The number of carbonyl (C=O) groups is 1. The van der Waals surface area contributed by atoms with Crippen LogP contribution in [0.3, 0.4) is 0 Å². The van der Waals surface area contributed by atoms with Crippen molar-refractivity contribution in [2.24, 2.45) is 0 Å². The third kappa shape index (κ3) is 1.83. The van der Waals surface area contributed by atoms with Crippen molar-refractivity contribution in [2.75, 3.05) is 0 Å². The second kappa shape index (κ2) is 3.39. The molecule has 14 heavy (non-hydrogen) atoms. The molecule has 0 saturated carbocycles. The first-order chi connectivity index (χ1) is 6.58. The van der Waals surface area contributed by atoms with Crippen LogP contribution >= 0.6 is 11.6 Å². The number of hydrogen-bond acceptors (Lipinski definition) is 1. The first kappa shape index (κ1) is 9.72. The summed E-state index contributed by atoms with van der Waals surface area (Å²) in [7, 11) is 0. The highest BCUT2D eigenvalue weighted by atomic mass is 35.5. The van der Waals surface area contributed by atoms with Gasteiger partial charge in [0.2, 0.25) is 0 Å². The molecule has 1 aromatic carbocycles. The van der Waals surface area contributed by atoms with E-state index in [9.17, 15) is 4.79 Å². The van der Waals surface area contributed by atoms with Gasteiger partial charge >= 0.3 is 0 Å². The minimum absolute atomic E-state index is 0.176. The molecule has 0 aliphatic heterocycles. The van der Waals surface area contributed by atoms with E-state index < -0.39 is 0 Å². The number of alkyl halides is 1. The van der Waals surface area contributed by atoms with Crippen molar-refractivity contribution in [2.45, 2.75) is 31.1 Å². The van der Waals surface area contributed by atoms with Crippen LogP contribution in [0.4, 0.5) is 0 Å². The average Bonchev–Trinajstić information content (AvgIpc) is 2.24. The van der Waals surface area contributed by atoms with Crippen molar-refractivity contribution in [3.63, 3.8) is 0 Å². The topological polar surface area (TPSA) is 17.1 Å². The number of rotatable bonds is 0. The number of ketones is 1. The average molecular weight is 209 g/mol. The van der Waals surface area contributed by atoms with Crippen molar-refractivity contribution in [3.8, 4) is 0 Å². The molecule has 2 heteroatoms. The number of benzene rings is 1. The van der Waals surface area contributed by atoms with Gasteiger partial charge in [0, 0.05) is 16.9 Å². The molecule has 2 rings (SSSR count). The molecule has 1 aromatic rings. The lowest BCUT2D eigenvalue weighted by Gasteiger charge is -2.17. The molecule has 0 amide bonds. The monoisotopic (exact) mass is 208 g/mol. The van der Waals surface area contributed by atoms with E-state index in [0.29, 0.717) is 6.42 Å². The number of carbonyl (C=O) groups excluding carboxylic acids is 1. The van der Waals surface area contributed by atoms with Crippen LogP contribution in [0.1, 0.15) is 35.7 Å². The summed E-state index contributed by atoms with van der Waals surface area (Å²) in [5, 5.41) is 0. The maximum absolute atomic E-state index is 11.8. The fourth-order valence-corrected chi connectivity index (χ4v) is 2.14. The van der Waals surface area contributed by atoms with Crippen molar-refractivity contribution < 1.29 is 4.79 Å². The van der Waals surface area contributed by atoms with Gasteiger partial charge in [0.05, 0.1) is 0 Å². The molecule has 0 N–H and O–H groups in total. The molecule has 0 saturated heterocycles. The predicted molar refractivity (Wildman–Crippen MR) is 58.0 cm³/mol. The molecule has 74 valence electrons. The van der Waals surface area contributed by atoms with Gasteiger partial charge in [0.25, 0.3) is 0 Å². The van der Waals surface area contributed by atoms with Crippen molar-refractivity contribution >= 4 is 17.4 Å². The third-order valence-electron chi connectivity index (χ3n) is 2.76. The van der Waals surface area contributed by atoms with Crippen LogP contribution < -0.4 is 0 Å². The summed E-state index contributed by atoms with van der Waals surface area (Å²) in [4.78, 5) is 11.5. The first-order valence-electron chi connectivity index (χ1n) is 4.88. The number of fused-ring (bicyclic) bond motifs is 1. The number of Topliss-reactive ketones (excluding diaryl/α,β-unsaturated/α-hetero) is 1. The SMILES string of the molecule is CC1(Cl)CCc2ccccc2C(=O)C1. The Morgan fingerprint density at radius 2 is 2.07 bits per heavy atom. The summed E-state index contributed by atoms with van der Waals surface area (Å²) in [5.41, 5.74) is 2.00. The van der Waals surface area contributed by atoms with Crippen molar-refractivity contribution in [1.82, 2.24) is 0 Å². The fraction of sp³-hybridized carbons (Fsp3) is 0.417. The van der Waals surface area contributed by atoms with E-state index in [1.165, 1.54) is 0 Å². The summed E-state index contributed by atoms with van der Waals surface area (Å²) in [6.07, 6.45) is 2.23. The molecule has 1 aliphatic rings. The van der Waals surface area contributed by atoms with E-state index in [2.05, 4.69) is 0 Å². The third-order valence-corrected chi connectivity index (χ3v) is 3.09. The molecular weight excluding hydrogens is 196 g/mol. The Hall–Kier alpha value is -0.820. The van der Waals surface area contributed by atoms with E-state index in [1.54, 1.807) is 0 Å². The molecule has 0 aromatic heterocycles. The number of halogens is 1. The Bertz CT molecular complexity index is 368. The van der Waals surface area contributed by atoms with Gasteiger partial charge in [-0.25, -0.2) is 0 Å². The Morgan fingerprint density at radius 3 is 2.86 bits per heavy atom. The standard InChI is InChI=1S/C12H13ClO/c1-12(13)7-6-9-4-2-3-5-10(9)11(14)8-12/h2-5H,6-8H2,1H3. The molecule has 1 atom stereocenters. The molecule has 0 fully saturated rings. The second-order valence-corrected chi connectivity index (χ2v) is 5.08. The van der Waals surface area contributed by atoms with Crippen molar-refractivity contribution in [3.05, 3.63) is 35.4 Å². The van der Waals surface area contributed by atoms with Gasteiger partial charge in [-0.2, -0.15) is 0 Å². The summed E-state index contributed by atoms with van der Waals surface area (Å²) < 4.78 is 0. The van der Waals surface area contributed by atoms with Gasteiger partial charge in [0.1, 0.15) is 0 Å². The quantitative estimate of drug-likeness (QED) is 0.473. The Kier molecular flexibility index (Phi) is 2.36. The normalized spacial score (nSPS) is 26.9. The molecule has 1 nitrogen and oxygen atoms in total. The van der Waals surface area contributed by atoms with Gasteiger partial charge in [0.15, 0.2) is 5.78 Å². The van der Waals surface area contributed by atoms with E-state index in [-0.39, 0.29) is 10.7 Å². The second-order valence-electron chi connectivity index (χ2n) is 4.17. The zero-order chi connectivity index (χ0) is 10.2. The van der Waals surface area contributed by atoms with E-state index >= 15 is 0 Å². The summed E-state index contributed by atoms with van der Waals surface area (Å²) in [6.45, 7) is 1.94. The van der Waals surface area contributed by atoms with Gasteiger partial charge in [-0.05, 0) is 25.3 Å². The van der Waals surface area contributed by atoms with Crippen molar-refractivity contribution in [1.29, 1.82) is 0 Å². The summed E-state index contributed by atoms with van der Waals surface area (Å²) in [5.74, 6) is 0.176. The van der Waals surface area contributed by atoms with Gasteiger partial charge in [-0.1, -0.05) is 24.3 Å². The lowest BCUT2D eigenvalue weighted by Crippen LogP contribution is -2.19. The summed E-state index contributed by atoms with van der Waals surface area (Å²) in [6, 6.07) is 7.80. The van der Waals surface area contributed by atoms with Crippen LogP contribution in [0, 0.1) is 0 Å². The van der Waals surface area contributed by atoms with E-state index in [0.717, 1.165) is 24.0 Å². The zero-order valence-electron chi connectivity index (χ0n) is 8.22. The Labute approximate surface area is 89.1 Å². The number of aryl methyl sites for hydroxylation is 1. The van der Waals surface area contributed by atoms with Crippen LogP contribution in [0.25, 0.3) is 0 Å². The molecular formula is C12H13ClO. The Balaban J connectivity index is 2.41. The van der Waals surface area contributed by atoms with Crippen LogP contribution in [0.15, 0.2) is 24.3 Å². The first-order valence-corrected chi connectivity index (χ1v) is 5.26. The largest absolute Gasteiger partial charge is 0.294 e.